The average Bonchev–Trinajstić information content (AvgIpc) is 1.89. The van der Waals surface area contributed by atoms with Crippen LogP contribution in [0.4, 0.5) is 0 Å². The minimum absolute atomic E-state index is 0.629. The molecule has 0 atom stereocenters. The minimum Gasteiger partial charge on any atom is -0.785 e. The van der Waals surface area contributed by atoms with Crippen LogP contribution in [0.1, 0.15) is 33.1 Å². The van der Waals surface area contributed by atoms with Crippen LogP contribution >= 0.6 is 0 Å². The van der Waals surface area contributed by atoms with Gasteiger partial charge in [0.2, 0.25) is 0 Å². The molecule has 0 aromatic heterocycles. The van der Waals surface area contributed by atoms with E-state index in [1.165, 1.54) is 12.8 Å². The normalized spacial score (nSPS) is 10.7. The molecule has 0 fully saturated rings. The smallest absolute Gasteiger partial charge is 0.0145 e. The van der Waals surface area contributed by atoms with E-state index in [0.29, 0.717) is 13.1 Å². The van der Waals surface area contributed by atoms with Crippen LogP contribution in [0.2, 0.25) is 0 Å². The van der Waals surface area contributed by atoms with Gasteiger partial charge in [-0.05, 0) is 19.5 Å². The Morgan fingerprint density at radius 3 is 2.33 bits per heavy atom. The second kappa shape index (κ2) is 6.05. The zero-order valence-electron chi connectivity index (χ0n) is 6.39. The van der Waals surface area contributed by atoms with Crippen LogP contribution in [-0.2, 0) is 0 Å². The number of nitrogens with zero attached hydrogens (tertiary/aromatic N) is 1. The topological polar surface area (TPSA) is 26.3 Å². The Balaban J connectivity index is 2.88. The molecule has 0 rings (SSSR count). The summed E-state index contributed by atoms with van der Waals surface area (Å²) in [5.74, 6) is 0. The molecule has 0 aliphatic carbocycles. The molecule has 0 N–H and O–H groups in total. The highest BCUT2D eigenvalue weighted by molar-refractivity contribution is 4.52. The second-order valence-electron chi connectivity index (χ2n) is 2.23. The van der Waals surface area contributed by atoms with Gasteiger partial charge in [0.25, 0.3) is 0 Å². The van der Waals surface area contributed by atoms with Gasteiger partial charge in [0.1, 0.15) is 0 Å². The van der Waals surface area contributed by atoms with Crippen LogP contribution in [0.15, 0.2) is 0 Å². The lowest BCUT2D eigenvalue weighted by Crippen LogP contribution is -2.16. The molecule has 0 unspecified atom stereocenters. The summed E-state index contributed by atoms with van der Waals surface area (Å²) in [7, 11) is 0. The summed E-state index contributed by atoms with van der Waals surface area (Å²) in [6.45, 7) is 5.37. The predicted molar refractivity (Wildman–Crippen MR) is 40.1 cm³/mol. The van der Waals surface area contributed by atoms with Crippen molar-refractivity contribution in [3.8, 4) is 0 Å². The van der Waals surface area contributed by atoms with Crippen molar-refractivity contribution in [2.45, 2.75) is 33.1 Å². The Labute approximate surface area is 57.4 Å². The van der Waals surface area contributed by atoms with Crippen molar-refractivity contribution in [1.82, 2.24) is 5.06 Å². The SMILES string of the molecule is CCCCCN([O-])CC. The fraction of sp³-hybridized carbons (Fsp3) is 1.00. The zero-order chi connectivity index (χ0) is 7.11. The van der Waals surface area contributed by atoms with E-state index in [4.69, 9.17) is 0 Å². The molecule has 0 spiro atoms. The van der Waals surface area contributed by atoms with Gasteiger partial charge in [0.05, 0.1) is 0 Å². The molecule has 0 amide bonds. The monoisotopic (exact) mass is 130 g/mol. The van der Waals surface area contributed by atoms with Crippen molar-refractivity contribution in [3.63, 3.8) is 0 Å². The van der Waals surface area contributed by atoms with Gasteiger partial charge in [-0.3, -0.25) is 0 Å². The van der Waals surface area contributed by atoms with Crippen molar-refractivity contribution in [2.24, 2.45) is 0 Å². The van der Waals surface area contributed by atoms with Crippen LogP contribution in [0.3, 0.4) is 0 Å². The highest BCUT2D eigenvalue weighted by atomic mass is 16.5. The molecule has 0 bridgehead atoms. The van der Waals surface area contributed by atoms with Crippen molar-refractivity contribution in [3.05, 3.63) is 5.21 Å². The van der Waals surface area contributed by atoms with Crippen molar-refractivity contribution < 1.29 is 0 Å². The first-order valence-corrected chi connectivity index (χ1v) is 3.73. The summed E-state index contributed by atoms with van der Waals surface area (Å²) in [5, 5.41) is 11.7. The number of hydrogen-bond acceptors (Lipinski definition) is 2. The summed E-state index contributed by atoms with van der Waals surface area (Å²) >= 11 is 0. The lowest BCUT2D eigenvalue weighted by Gasteiger charge is -2.25. The summed E-state index contributed by atoms with van der Waals surface area (Å²) in [6, 6.07) is 0. The van der Waals surface area contributed by atoms with Gasteiger partial charge in [-0.2, -0.15) is 0 Å². The van der Waals surface area contributed by atoms with E-state index < -0.39 is 0 Å². The van der Waals surface area contributed by atoms with Gasteiger partial charge in [-0.15, -0.1) is 0 Å². The first-order chi connectivity index (χ1) is 4.31. The molecule has 0 heterocycles. The lowest BCUT2D eigenvalue weighted by atomic mass is 10.2. The lowest BCUT2D eigenvalue weighted by molar-refractivity contribution is 0.384. The largest absolute Gasteiger partial charge is 0.785 e. The molecule has 0 aromatic rings. The fourth-order valence-electron chi connectivity index (χ4n) is 0.696. The maximum absolute atomic E-state index is 10.6. The summed E-state index contributed by atoms with van der Waals surface area (Å²) in [4.78, 5) is 0. The van der Waals surface area contributed by atoms with Crippen molar-refractivity contribution in [2.75, 3.05) is 13.1 Å². The second-order valence-corrected chi connectivity index (χ2v) is 2.23. The van der Waals surface area contributed by atoms with Crippen LogP contribution in [0.25, 0.3) is 0 Å². The first-order valence-electron chi connectivity index (χ1n) is 3.73. The number of rotatable bonds is 5. The quantitative estimate of drug-likeness (QED) is 0.420. The van der Waals surface area contributed by atoms with E-state index in [0.717, 1.165) is 11.5 Å². The molecule has 2 heteroatoms. The first kappa shape index (κ1) is 8.92. The molecule has 0 saturated heterocycles. The van der Waals surface area contributed by atoms with E-state index in [2.05, 4.69) is 6.92 Å². The maximum atomic E-state index is 10.6. The van der Waals surface area contributed by atoms with E-state index in [1.54, 1.807) is 0 Å². The van der Waals surface area contributed by atoms with E-state index in [1.807, 2.05) is 6.92 Å². The van der Waals surface area contributed by atoms with Crippen LogP contribution in [0.5, 0.6) is 0 Å². The van der Waals surface area contributed by atoms with E-state index in [9.17, 15) is 5.21 Å². The Hall–Kier alpha value is -0.0800. The third-order valence-electron chi connectivity index (χ3n) is 1.36. The van der Waals surface area contributed by atoms with Gasteiger partial charge < -0.3 is 10.3 Å². The Bertz CT molecular complexity index is 56.9. The Morgan fingerprint density at radius 1 is 1.22 bits per heavy atom. The van der Waals surface area contributed by atoms with E-state index in [-0.39, 0.29) is 0 Å². The molecule has 2 nitrogen and oxygen atoms in total. The molecule has 9 heavy (non-hydrogen) atoms. The molecule has 0 saturated carbocycles. The van der Waals surface area contributed by atoms with Crippen LogP contribution in [0, 0.1) is 5.21 Å². The molecule has 0 aliphatic rings. The fourth-order valence-corrected chi connectivity index (χ4v) is 0.696. The zero-order valence-corrected chi connectivity index (χ0v) is 6.39. The van der Waals surface area contributed by atoms with Crippen LogP contribution < -0.4 is 0 Å². The number of hydrogen-bond donors (Lipinski definition) is 0. The highest BCUT2D eigenvalue weighted by Crippen LogP contribution is 1.95. The van der Waals surface area contributed by atoms with Crippen LogP contribution in [-0.4, -0.2) is 18.2 Å². The average molecular weight is 130 g/mol. The third-order valence-corrected chi connectivity index (χ3v) is 1.36. The minimum atomic E-state index is 0.629. The van der Waals surface area contributed by atoms with Gasteiger partial charge in [-0.1, -0.05) is 26.7 Å². The summed E-state index contributed by atoms with van der Waals surface area (Å²) < 4.78 is 0. The van der Waals surface area contributed by atoms with E-state index >= 15 is 0 Å². The van der Waals surface area contributed by atoms with Crippen molar-refractivity contribution in [1.29, 1.82) is 0 Å². The number of unbranched alkanes of at least 4 members (excludes halogenated alkanes) is 2. The van der Waals surface area contributed by atoms with Gasteiger partial charge >= 0.3 is 0 Å². The highest BCUT2D eigenvalue weighted by Gasteiger charge is 1.85. The molecule has 0 aliphatic heterocycles. The van der Waals surface area contributed by atoms with Gasteiger partial charge in [0.15, 0.2) is 0 Å². The van der Waals surface area contributed by atoms with Gasteiger partial charge in [0, 0.05) is 0 Å². The molecular formula is C7H16NO-. The third kappa shape index (κ3) is 5.80. The molecule has 56 valence electrons. The van der Waals surface area contributed by atoms with Crippen molar-refractivity contribution >= 4 is 0 Å². The Morgan fingerprint density at radius 2 is 1.89 bits per heavy atom. The predicted octanol–water partition coefficient (Wildman–Crippen LogP) is 2.00. The van der Waals surface area contributed by atoms with Gasteiger partial charge in [-0.25, -0.2) is 0 Å². The summed E-state index contributed by atoms with van der Waals surface area (Å²) in [6.07, 6.45) is 3.42. The molecular weight excluding hydrogens is 114 g/mol. The molecule has 0 aromatic carbocycles. The maximum Gasteiger partial charge on any atom is -0.0145 e. The summed E-state index contributed by atoms with van der Waals surface area (Å²) in [5.41, 5.74) is 0. The Kier molecular flexibility index (Phi) is 5.99. The standard InChI is InChI=1S/C7H16NO/c1-3-5-6-7-8(9)4-2/h3-7H2,1-2H3/q-1. The number of hydroxylamine groups is 2. The molecule has 0 radical (unpaired) electrons.